The fraction of sp³-hybridized carbons (Fsp3) is 0.353. The van der Waals surface area contributed by atoms with Gasteiger partial charge in [0.05, 0.1) is 12.7 Å². The van der Waals surface area contributed by atoms with Crippen molar-refractivity contribution < 1.29 is 4.79 Å². The number of carbonyl (C=O) groups excluding carboxylic acids is 1. The minimum absolute atomic E-state index is 0.113. The maximum Gasteiger partial charge on any atom is 0.251 e. The summed E-state index contributed by atoms with van der Waals surface area (Å²) in [6.07, 6.45) is 10.7. The molecule has 7 nitrogen and oxygen atoms in total. The molecule has 7 heteroatoms. The maximum absolute atomic E-state index is 12.5. The van der Waals surface area contributed by atoms with Crippen LogP contribution in [-0.2, 0) is 6.54 Å². The monoisotopic (exact) mass is 322 g/mol. The van der Waals surface area contributed by atoms with Crippen LogP contribution in [-0.4, -0.2) is 33.1 Å². The molecule has 0 saturated heterocycles. The van der Waals surface area contributed by atoms with Crippen molar-refractivity contribution in [3.05, 3.63) is 47.8 Å². The van der Waals surface area contributed by atoms with Crippen molar-refractivity contribution in [3.8, 4) is 12.3 Å². The Bertz CT molecular complexity index is 769. The van der Waals surface area contributed by atoms with E-state index >= 15 is 0 Å². The van der Waals surface area contributed by atoms with Gasteiger partial charge in [-0.05, 0) is 11.6 Å². The van der Waals surface area contributed by atoms with Crippen molar-refractivity contribution in [1.29, 1.82) is 0 Å². The van der Waals surface area contributed by atoms with Gasteiger partial charge in [-0.25, -0.2) is 4.68 Å². The fourth-order valence-corrected chi connectivity index (χ4v) is 2.51. The fourth-order valence-electron chi connectivity index (χ4n) is 2.51. The number of nitrogens with zero attached hydrogens (tertiary/aromatic N) is 5. The van der Waals surface area contributed by atoms with E-state index in [-0.39, 0.29) is 11.6 Å². The third-order valence-corrected chi connectivity index (χ3v) is 3.93. The van der Waals surface area contributed by atoms with Crippen LogP contribution in [0.1, 0.15) is 35.2 Å². The maximum atomic E-state index is 12.5. The Morgan fingerprint density at radius 2 is 2.12 bits per heavy atom. The van der Waals surface area contributed by atoms with Gasteiger partial charge in [0.1, 0.15) is 0 Å². The molecule has 2 aromatic rings. The molecule has 1 amide bonds. The minimum atomic E-state index is -0.375. The van der Waals surface area contributed by atoms with E-state index in [1.165, 1.54) is 0 Å². The average Bonchev–Trinajstić information content (AvgIpc) is 3.18. The summed E-state index contributed by atoms with van der Waals surface area (Å²) < 4.78 is 1.68. The number of terminal acetylenes is 1. The molecule has 0 aliphatic carbocycles. The van der Waals surface area contributed by atoms with E-state index in [4.69, 9.17) is 6.42 Å². The number of carbonyl (C=O) groups is 1. The van der Waals surface area contributed by atoms with Crippen LogP contribution in [0.25, 0.3) is 0 Å². The van der Waals surface area contributed by atoms with E-state index in [9.17, 15) is 4.79 Å². The van der Waals surface area contributed by atoms with Crippen molar-refractivity contribution in [2.75, 3.05) is 6.54 Å². The summed E-state index contributed by atoms with van der Waals surface area (Å²) in [6.45, 7) is 1.01. The summed E-state index contributed by atoms with van der Waals surface area (Å²) >= 11 is 0. The first-order chi connectivity index (χ1) is 11.7. The molecule has 1 aromatic heterocycles. The summed E-state index contributed by atoms with van der Waals surface area (Å²) in [5, 5.41) is 18.8. The zero-order chi connectivity index (χ0) is 16.8. The molecule has 0 atom stereocenters. The van der Waals surface area contributed by atoms with Crippen molar-refractivity contribution in [1.82, 2.24) is 20.3 Å². The van der Waals surface area contributed by atoms with Crippen molar-refractivity contribution in [3.63, 3.8) is 0 Å². The predicted molar refractivity (Wildman–Crippen MR) is 88.2 cm³/mol. The van der Waals surface area contributed by atoms with Crippen LogP contribution < -0.4 is 5.32 Å². The third kappa shape index (κ3) is 3.84. The van der Waals surface area contributed by atoms with Gasteiger partial charge in [0.15, 0.2) is 5.66 Å². The number of nitrogens with one attached hydrogen (secondary N) is 1. The molecule has 0 radical (unpaired) electrons. The van der Waals surface area contributed by atoms with E-state index in [1.54, 1.807) is 17.1 Å². The SMILES string of the molecule is C#CCCC1(CCNC(=O)c2ccccc2Cn2ccnn2)N=N1. The summed E-state index contributed by atoms with van der Waals surface area (Å²) in [7, 11) is 0. The summed E-state index contributed by atoms with van der Waals surface area (Å²) in [5.74, 6) is 2.48. The largest absolute Gasteiger partial charge is 0.352 e. The van der Waals surface area contributed by atoms with E-state index in [0.717, 1.165) is 12.0 Å². The third-order valence-electron chi connectivity index (χ3n) is 3.93. The van der Waals surface area contributed by atoms with Gasteiger partial charge < -0.3 is 5.32 Å². The Kier molecular flexibility index (Phi) is 4.66. The Morgan fingerprint density at radius 1 is 1.29 bits per heavy atom. The molecule has 0 saturated carbocycles. The van der Waals surface area contributed by atoms with Crippen LogP contribution in [0.4, 0.5) is 0 Å². The van der Waals surface area contributed by atoms with Crippen molar-refractivity contribution in [2.45, 2.75) is 31.5 Å². The van der Waals surface area contributed by atoms with Crippen LogP contribution in [0.2, 0.25) is 0 Å². The smallest absolute Gasteiger partial charge is 0.251 e. The molecule has 0 unspecified atom stereocenters. The first kappa shape index (κ1) is 15.9. The Hall–Kier alpha value is -3.01. The van der Waals surface area contributed by atoms with Gasteiger partial charge in [0.2, 0.25) is 0 Å². The Labute approximate surface area is 140 Å². The molecule has 1 aliphatic rings. The van der Waals surface area contributed by atoms with Crippen LogP contribution in [0.15, 0.2) is 46.9 Å². The van der Waals surface area contributed by atoms with Crippen LogP contribution in [0.3, 0.4) is 0 Å². The quantitative estimate of drug-likeness (QED) is 0.755. The minimum Gasteiger partial charge on any atom is -0.352 e. The number of amides is 1. The standard InChI is InChI=1S/C17H18N6O/c1-2-3-8-17(20-21-17)9-10-18-16(24)15-7-5-4-6-14(15)13-23-12-11-19-22-23/h1,4-7,11-12H,3,8-10,13H2,(H,18,24). The average molecular weight is 322 g/mol. The number of hydrogen-bond acceptors (Lipinski definition) is 5. The summed E-state index contributed by atoms with van der Waals surface area (Å²) in [4.78, 5) is 12.5. The van der Waals surface area contributed by atoms with E-state index in [1.807, 2.05) is 24.3 Å². The van der Waals surface area contributed by atoms with Crippen LogP contribution in [0, 0.1) is 12.3 Å². The van der Waals surface area contributed by atoms with Crippen molar-refractivity contribution >= 4 is 5.91 Å². The molecule has 2 heterocycles. The number of hydrogen-bond donors (Lipinski definition) is 1. The highest BCUT2D eigenvalue weighted by molar-refractivity contribution is 5.95. The highest BCUT2D eigenvalue weighted by atomic mass is 16.1. The van der Waals surface area contributed by atoms with Gasteiger partial charge in [-0.15, -0.1) is 17.4 Å². The predicted octanol–water partition coefficient (Wildman–Crippen LogP) is 2.02. The lowest BCUT2D eigenvalue weighted by molar-refractivity contribution is 0.0951. The number of aromatic nitrogens is 3. The number of benzene rings is 1. The second-order valence-electron chi connectivity index (χ2n) is 5.65. The van der Waals surface area contributed by atoms with E-state index in [2.05, 4.69) is 31.8 Å². The van der Waals surface area contributed by atoms with Gasteiger partial charge in [0, 0.05) is 37.6 Å². The molecule has 122 valence electrons. The molecule has 24 heavy (non-hydrogen) atoms. The first-order valence-corrected chi connectivity index (χ1v) is 7.80. The zero-order valence-corrected chi connectivity index (χ0v) is 13.2. The van der Waals surface area contributed by atoms with Gasteiger partial charge in [-0.1, -0.05) is 23.4 Å². The second-order valence-corrected chi connectivity index (χ2v) is 5.65. The normalized spacial score (nSPS) is 14.1. The lowest BCUT2D eigenvalue weighted by atomic mass is 10.0. The van der Waals surface area contributed by atoms with Gasteiger partial charge in [0.25, 0.3) is 5.91 Å². The first-order valence-electron chi connectivity index (χ1n) is 7.80. The lowest BCUT2D eigenvalue weighted by Gasteiger charge is -2.12. The summed E-state index contributed by atoms with van der Waals surface area (Å²) in [5.41, 5.74) is 1.15. The lowest BCUT2D eigenvalue weighted by Crippen LogP contribution is -2.29. The molecule has 0 fully saturated rings. The molecule has 1 N–H and O–H groups in total. The molecular formula is C17H18N6O. The topological polar surface area (TPSA) is 84.5 Å². The van der Waals surface area contributed by atoms with E-state index < -0.39 is 0 Å². The zero-order valence-electron chi connectivity index (χ0n) is 13.2. The van der Waals surface area contributed by atoms with Gasteiger partial charge in [-0.2, -0.15) is 10.2 Å². The highest BCUT2D eigenvalue weighted by Gasteiger charge is 2.38. The molecular weight excluding hydrogens is 304 g/mol. The Balaban J connectivity index is 1.56. The van der Waals surface area contributed by atoms with Gasteiger partial charge >= 0.3 is 0 Å². The van der Waals surface area contributed by atoms with Crippen molar-refractivity contribution in [2.24, 2.45) is 10.2 Å². The molecule has 1 aromatic carbocycles. The van der Waals surface area contributed by atoms with E-state index in [0.29, 0.717) is 31.5 Å². The molecule has 1 aliphatic heterocycles. The van der Waals surface area contributed by atoms with Gasteiger partial charge in [-0.3, -0.25) is 4.79 Å². The second kappa shape index (κ2) is 7.04. The highest BCUT2D eigenvalue weighted by Crippen LogP contribution is 2.36. The van der Waals surface area contributed by atoms with Crippen LogP contribution in [0.5, 0.6) is 0 Å². The Morgan fingerprint density at radius 3 is 2.83 bits per heavy atom. The number of rotatable bonds is 8. The van der Waals surface area contributed by atoms with Crippen LogP contribution >= 0.6 is 0 Å². The molecule has 0 spiro atoms. The summed E-state index contributed by atoms with van der Waals surface area (Å²) in [6, 6.07) is 7.47. The molecule has 0 bridgehead atoms. The molecule has 3 rings (SSSR count).